The van der Waals surface area contributed by atoms with Gasteiger partial charge in [-0.1, -0.05) is 106 Å². The quantitative estimate of drug-likeness (QED) is 0.107. The van der Waals surface area contributed by atoms with Gasteiger partial charge in [-0.25, -0.2) is 8.42 Å². The summed E-state index contributed by atoms with van der Waals surface area (Å²) in [5.41, 5.74) is 2.59. The topological polar surface area (TPSA) is 84.7 Å². The van der Waals surface area contributed by atoms with Crippen LogP contribution in [-0.4, -0.2) is 59.4 Å². The van der Waals surface area contributed by atoms with Gasteiger partial charge in [0.25, 0.3) is 0 Å². The van der Waals surface area contributed by atoms with Crippen LogP contribution >= 0.6 is 23.8 Å². The molecular formula is C36H57ClN4O3S2. The molecule has 0 saturated heterocycles. The van der Waals surface area contributed by atoms with Gasteiger partial charge in [0.15, 0.2) is 5.11 Å². The number of rotatable bonds is 10. The Labute approximate surface area is 291 Å². The lowest BCUT2D eigenvalue weighted by Gasteiger charge is -2.38. The predicted molar refractivity (Wildman–Crippen MR) is 202 cm³/mol. The van der Waals surface area contributed by atoms with E-state index in [1.54, 1.807) is 33.9 Å². The van der Waals surface area contributed by atoms with Crippen LogP contribution in [0.5, 0.6) is 0 Å². The Morgan fingerprint density at radius 2 is 1.37 bits per heavy atom. The summed E-state index contributed by atoms with van der Waals surface area (Å²) >= 11 is 10.6. The fourth-order valence-corrected chi connectivity index (χ4v) is 4.80. The molecule has 0 heterocycles. The lowest BCUT2D eigenvalue weighted by atomic mass is 9.97. The summed E-state index contributed by atoms with van der Waals surface area (Å²) in [6.45, 7) is 21.5. The first-order valence-electron chi connectivity index (χ1n) is 15.4. The molecule has 2 aromatic carbocycles. The number of amides is 1. The highest BCUT2D eigenvalue weighted by molar-refractivity contribution is 7.89. The van der Waals surface area contributed by atoms with E-state index in [9.17, 15) is 13.2 Å². The zero-order valence-corrected chi connectivity index (χ0v) is 32.3. The van der Waals surface area contributed by atoms with E-state index in [4.69, 9.17) is 29.1 Å². The van der Waals surface area contributed by atoms with Crippen molar-refractivity contribution in [3.8, 4) is 6.07 Å². The van der Waals surface area contributed by atoms with Crippen molar-refractivity contribution < 1.29 is 13.2 Å². The van der Waals surface area contributed by atoms with E-state index in [0.29, 0.717) is 28.8 Å². The highest BCUT2D eigenvalue weighted by Crippen LogP contribution is 2.20. The first-order valence-corrected chi connectivity index (χ1v) is 17.8. The summed E-state index contributed by atoms with van der Waals surface area (Å²) < 4.78 is 26.0. The largest absolute Gasteiger partial charge is 0.347 e. The smallest absolute Gasteiger partial charge is 0.215 e. The SMILES string of the molecule is C/C(Cl)=C(\C)C#N.C=CC.CC.CCCC(C)(C)N(C)C(=S)N(C)C=O.CCS(=O)(=O)N(Cc1ccccc1)Cc1ccccc1. The molecule has 0 spiro atoms. The molecule has 0 N–H and O–H groups in total. The fraction of sp³-hybridized carbons (Fsp3) is 0.472. The van der Waals surface area contributed by atoms with Crippen molar-refractivity contribution in [3.63, 3.8) is 0 Å². The summed E-state index contributed by atoms with van der Waals surface area (Å²) in [7, 11) is 0.380. The Kier molecular flexibility index (Phi) is 27.9. The highest BCUT2D eigenvalue weighted by atomic mass is 35.5. The average molecular weight is 693 g/mol. The number of nitriles is 1. The third-order valence-electron chi connectivity index (χ3n) is 6.36. The van der Waals surface area contributed by atoms with Gasteiger partial charge >= 0.3 is 0 Å². The van der Waals surface area contributed by atoms with Crippen molar-refractivity contribution in [1.29, 1.82) is 5.26 Å². The molecule has 46 heavy (non-hydrogen) atoms. The van der Waals surface area contributed by atoms with E-state index >= 15 is 0 Å². The number of allylic oxidation sites excluding steroid dienone is 3. The van der Waals surface area contributed by atoms with E-state index in [0.717, 1.165) is 30.4 Å². The van der Waals surface area contributed by atoms with Gasteiger partial charge in [-0.15, -0.1) is 6.58 Å². The third kappa shape index (κ3) is 20.9. The zero-order valence-electron chi connectivity index (χ0n) is 29.9. The van der Waals surface area contributed by atoms with Crippen LogP contribution in [0.1, 0.15) is 86.3 Å². The molecule has 1 amide bonds. The lowest BCUT2D eigenvalue weighted by molar-refractivity contribution is -0.114. The number of nitrogens with zero attached hydrogens (tertiary/aromatic N) is 4. The summed E-state index contributed by atoms with van der Waals surface area (Å²) in [6.07, 6.45) is 4.64. The van der Waals surface area contributed by atoms with Gasteiger partial charge in [-0.3, -0.25) is 9.69 Å². The Hall–Kier alpha value is -3.03. The molecule has 2 rings (SSSR count). The van der Waals surface area contributed by atoms with E-state index in [1.165, 1.54) is 9.21 Å². The van der Waals surface area contributed by atoms with Crippen molar-refractivity contribution in [3.05, 3.63) is 95.1 Å². The maximum absolute atomic E-state index is 12.2. The number of halogens is 1. The minimum Gasteiger partial charge on any atom is -0.347 e. The molecule has 0 aliphatic heterocycles. The van der Waals surface area contributed by atoms with Crippen molar-refractivity contribution in [2.75, 3.05) is 19.8 Å². The van der Waals surface area contributed by atoms with E-state index in [2.05, 4.69) is 27.4 Å². The molecule has 0 aliphatic rings. The Bertz CT molecular complexity index is 1250. The third-order valence-corrected chi connectivity index (χ3v) is 8.98. The lowest BCUT2D eigenvalue weighted by Crippen LogP contribution is -2.49. The van der Waals surface area contributed by atoms with Gasteiger partial charge in [0.2, 0.25) is 16.4 Å². The van der Waals surface area contributed by atoms with Crippen molar-refractivity contribution in [2.24, 2.45) is 0 Å². The number of thiocarbonyl (C=S) groups is 1. The highest BCUT2D eigenvalue weighted by Gasteiger charge is 2.26. The van der Waals surface area contributed by atoms with Crippen LogP contribution in [0.25, 0.3) is 0 Å². The molecule has 258 valence electrons. The second-order valence-electron chi connectivity index (χ2n) is 10.4. The van der Waals surface area contributed by atoms with Crippen molar-refractivity contribution in [1.82, 2.24) is 14.1 Å². The van der Waals surface area contributed by atoms with Gasteiger partial charge < -0.3 is 4.90 Å². The molecule has 0 unspecified atom stereocenters. The predicted octanol–water partition coefficient (Wildman–Crippen LogP) is 9.17. The maximum Gasteiger partial charge on any atom is 0.215 e. The number of benzene rings is 2. The van der Waals surface area contributed by atoms with Crippen LogP contribution in [0, 0.1) is 11.3 Å². The molecule has 7 nitrogen and oxygen atoms in total. The number of hydrogen-bond donors (Lipinski definition) is 0. The van der Waals surface area contributed by atoms with Crippen molar-refractivity contribution >= 4 is 45.4 Å². The minimum absolute atomic E-state index is 0.00308. The van der Waals surface area contributed by atoms with Gasteiger partial charge in [-0.05, 0) is 71.3 Å². The Balaban J connectivity index is -0.000000618. The van der Waals surface area contributed by atoms with Crippen LogP contribution in [0.4, 0.5) is 0 Å². The first-order chi connectivity index (χ1) is 21.6. The van der Waals surface area contributed by atoms with Gasteiger partial charge in [0.05, 0.1) is 11.8 Å². The molecule has 2 aromatic rings. The molecule has 0 fully saturated rings. The van der Waals surface area contributed by atoms with Gasteiger partial charge in [0, 0.05) is 43.3 Å². The van der Waals surface area contributed by atoms with E-state index < -0.39 is 10.0 Å². The van der Waals surface area contributed by atoms with Crippen molar-refractivity contribution in [2.45, 2.75) is 93.8 Å². The molecule has 0 aromatic heterocycles. The average Bonchev–Trinajstić information content (AvgIpc) is 3.05. The normalized spacial score (nSPS) is 10.7. The molecule has 0 atom stereocenters. The second kappa shape index (κ2) is 27.1. The standard InChI is InChI=1S/C16H19NO2S.C10H20N2OS.C5H6ClN.C3H6.C2H6/c1-2-20(18,19)17(13-15-9-5-3-6-10-15)14-16-11-7-4-8-12-16;1-6-7-10(2,3)12(5)9(14)11(4)8-13;1-4(3-7)5(2)6;1-3-2;1-2/h3-12H,2,13-14H2,1H3;8H,6-7H2,1-5H3;1-2H3;3H,1H2,2H3;1-2H3/b;;5-4-;;. The van der Waals surface area contributed by atoms with Crippen LogP contribution in [0.2, 0.25) is 0 Å². The monoisotopic (exact) mass is 692 g/mol. The van der Waals surface area contributed by atoms with Gasteiger partial charge in [-0.2, -0.15) is 9.57 Å². The number of sulfonamides is 1. The maximum atomic E-state index is 12.2. The molecular weight excluding hydrogens is 636 g/mol. The molecule has 0 saturated carbocycles. The number of carbonyl (C=O) groups excluding carboxylic acids is 1. The minimum atomic E-state index is -3.22. The Morgan fingerprint density at radius 3 is 1.63 bits per heavy atom. The number of carbonyl (C=O) groups is 1. The molecule has 0 radical (unpaired) electrons. The first kappa shape index (κ1) is 47.4. The molecule has 0 bridgehead atoms. The molecule has 10 heteroatoms. The number of hydrogen-bond acceptors (Lipinski definition) is 5. The van der Waals surface area contributed by atoms with Crippen LogP contribution in [-0.2, 0) is 27.9 Å². The summed E-state index contributed by atoms with van der Waals surface area (Å²) in [5, 5.41) is 9.25. The summed E-state index contributed by atoms with van der Waals surface area (Å²) in [4.78, 5) is 13.9. The van der Waals surface area contributed by atoms with E-state index in [1.807, 2.05) is 99.5 Å². The van der Waals surface area contributed by atoms with E-state index in [-0.39, 0.29) is 11.3 Å². The second-order valence-corrected chi connectivity index (χ2v) is 13.6. The zero-order chi connectivity index (χ0) is 36.3. The van der Waals surface area contributed by atoms with Crippen LogP contribution in [0.3, 0.4) is 0 Å². The summed E-state index contributed by atoms with van der Waals surface area (Å²) in [6, 6.07) is 21.3. The summed E-state index contributed by atoms with van der Waals surface area (Å²) in [5.74, 6) is 0.118. The Morgan fingerprint density at radius 1 is 0.978 bits per heavy atom. The molecule has 0 aliphatic carbocycles. The van der Waals surface area contributed by atoms with Crippen LogP contribution < -0.4 is 0 Å². The van der Waals surface area contributed by atoms with Crippen LogP contribution in [0.15, 0.2) is 83.9 Å². The fourth-order valence-electron chi connectivity index (χ4n) is 3.41. The van der Waals surface area contributed by atoms with Gasteiger partial charge in [0.1, 0.15) is 0 Å².